The van der Waals surface area contributed by atoms with Crippen molar-refractivity contribution < 1.29 is 36.0 Å². The molecule has 132 valence electrons. The van der Waals surface area contributed by atoms with E-state index in [1.807, 2.05) is 0 Å². The van der Waals surface area contributed by atoms with E-state index in [4.69, 9.17) is 4.74 Å². The quantitative estimate of drug-likeness (QED) is 0.621. The van der Waals surface area contributed by atoms with E-state index in [9.17, 15) is 31.4 Å². The molecule has 0 saturated heterocycles. The Hall–Kier alpha value is -2.59. The number of alkyl halides is 1. The highest BCUT2D eigenvalue weighted by atomic mass is 19.2. The molecule has 0 spiro atoms. The number of rotatable bonds is 4. The molecule has 1 aliphatic rings. The van der Waals surface area contributed by atoms with Gasteiger partial charge in [0.25, 0.3) is 0 Å². The van der Waals surface area contributed by atoms with Gasteiger partial charge in [0.05, 0.1) is 24.1 Å². The average Bonchev–Trinajstić information content (AvgIpc) is 3.25. The second kappa shape index (κ2) is 6.05. The molecule has 1 fully saturated rings. The molecule has 5 nitrogen and oxygen atoms in total. The molecule has 0 radical (unpaired) electrons. The zero-order valence-corrected chi connectivity index (χ0v) is 12.6. The van der Waals surface area contributed by atoms with Crippen LogP contribution in [-0.4, -0.2) is 31.3 Å². The van der Waals surface area contributed by atoms with Gasteiger partial charge >= 0.3 is 13.4 Å². The first kappa shape index (κ1) is 17.2. The van der Waals surface area contributed by atoms with Crippen molar-refractivity contribution in [3.8, 4) is 5.75 Å². The maximum absolute atomic E-state index is 14.0. The Balaban J connectivity index is 2.36. The lowest BCUT2D eigenvalue weighted by Crippen LogP contribution is -2.24. The van der Waals surface area contributed by atoms with Gasteiger partial charge in [-0.15, -0.1) is 0 Å². The maximum Gasteiger partial charge on any atom is 0.798 e. The second-order valence-corrected chi connectivity index (χ2v) is 5.37. The van der Waals surface area contributed by atoms with Crippen LogP contribution in [0.1, 0.15) is 22.8 Å². The van der Waals surface area contributed by atoms with Gasteiger partial charge in [-0.3, -0.25) is 4.79 Å². The molecular weight excluding hydrogens is 352 g/mol. The summed E-state index contributed by atoms with van der Waals surface area (Å²) in [5.41, 5.74) is -2.28. The van der Waals surface area contributed by atoms with Crippen molar-refractivity contribution >= 4 is 24.3 Å². The fraction of sp³-hybridized carbons (Fsp3) is 0.286. The Labute approximate surface area is 137 Å². The summed E-state index contributed by atoms with van der Waals surface area (Å²) in [5, 5.41) is -0.515. The molecule has 1 heterocycles. The van der Waals surface area contributed by atoms with Gasteiger partial charge in [0.2, 0.25) is 11.2 Å². The third kappa shape index (κ3) is 2.83. The van der Waals surface area contributed by atoms with Crippen LogP contribution in [0.25, 0.3) is 10.9 Å². The van der Waals surface area contributed by atoms with E-state index in [1.165, 1.54) is 0 Å². The maximum atomic E-state index is 14.0. The van der Waals surface area contributed by atoms with Crippen molar-refractivity contribution in [2.75, 3.05) is 7.11 Å². The predicted octanol–water partition coefficient (Wildman–Crippen LogP) is 2.65. The summed E-state index contributed by atoms with van der Waals surface area (Å²) in [6.07, 6.45) is -0.578. The smallest absolute Gasteiger partial charge is 0.491 e. The van der Waals surface area contributed by atoms with Crippen LogP contribution in [0.4, 0.5) is 21.8 Å². The molecular formula is C14H9BF5NO4. The molecule has 3 rings (SSSR count). The SMILES string of the molecule is COc1c(F)c(F)cc2c(=O)c(C(=O)OB(F)F)cn(C3CC3F)c12. The van der Waals surface area contributed by atoms with Gasteiger partial charge in [-0.2, -0.15) is 4.39 Å². The number of carbonyl (C=O) groups is 1. The fourth-order valence-electron chi connectivity index (χ4n) is 2.61. The van der Waals surface area contributed by atoms with Crippen LogP contribution in [0.15, 0.2) is 17.1 Å². The number of methoxy groups -OCH3 is 1. The van der Waals surface area contributed by atoms with E-state index in [0.717, 1.165) is 17.9 Å². The number of benzene rings is 1. The van der Waals surface area contributed by atoms with Crippen molar-refractivity contribution in [3.05, 3.63) is 39.7 Å². The van der Waals surface area contributed by atoms with Gasteiger partial charge in [0.15, 0.2) is 11.6 Å². The highest BCUT2D eigenvalue weighted by Crippen LogP contribution is 2.43. The normalized spacial score (nSPS) is 19.0. The predicted molar refractivity (Wildman–Crippen MR) is 76.6 cm³/mol. The zero-order valence-electron chi connectivity index (χ0n) is 12.6. The first-order valence-corrected chi connectivity index (χ1v) is 7.00. The number of carbonyl (C=O) groups excluding carboxylic acids is 1. The number of aromatic nitrogens is 1. The largest absolute Gasteiger partial charge is 0.798 e. The van der Waals surface area contributed by atoms with Crippen molar-refractivity contribution in [2.24, 2.45) is 0 Å². The second-order valence-electron chi connectivity index (χ2n) is 5.37. The molecule has 11 heteroatoms. The Morgan fingerprint density at radius 2 is 2.00 bits per heavy atom. The minimum Gasteiger partial charge on any atom is -0.491 e. The third-order valence-corrected chi connectivity index (χ3v) is 3.82. The molecule has 1 aromatic heterocycles. The Morgan fingerprint density at radius 3 is 2.52 bits per heavy atom. The molecule has 0 aliphatic heterocycles. The van der Waals surface area contributed by atoms with Crippen molar-refractivity contribution in [2.45, 2.75) is 18.6 Å². The molecule has 1 aliphatic carbocycles. The monoisotopic (exact) mass is 361 g/mol. The van der Waals surface area contributed by atoms with Crippen molar-refractivity contribution in [1.29, 1.82) is 0 Å². The number of hydrogen-bond acceptors (Lipinski definition) is 4. The van der Waals surface area contributed by atoms with Crippen molar-refractivity contribution in [3.63, 3.8) is 0 Å². The lowest BCUT2D eigenvalue weighted by Gasteiger charge is -2.16. The van der Waals surface area contributed by atoms with Crippen LogP contribution in [0.5, 0.6) is 5.75 Å². The van der Waals surface area contributed by atoms with Gasteiger partial charge in [0, 0.05) is 12.6 Å². The van der Waals surface area contributed by atoms with Crippen LogP contribution >= 0.6 is 0 Å². The number of hydrogen-bond donors (Lipinski definition) is 0. The van der Waals surface area contributed by atoms with Gasteiger partial charge in [-0.05, 0) is 6.07 Å². The van der Waals surface area contributed by atoms with Crippen molar-refractivity contribution in [1.82, 2.24) is 4.57 Å². The highest BCUT2D eigenvalue weighted by Gasteiger charge is 2.41. The fourth-order valence-corrected chi connectivity index (χ4v) is 2.61. The van der Waals surface area contributed by atoms with Crippen LogP contribution < -0.4 is 10.2 Å². The standard InChI is InChI=1S/C14H9BF5NO4/c1-24-13-10(18)8(17)2-5-11(13)21(9-3-7(9)16)4-6(12(5)22)14(23)25-15(19)20/h2,4,7,9H,3H2,1H3. The van der Waals surface area contributed by atoms with Gasteiger partial charge in [0.1, 0.15) is 11.7 Å². The highest BCUT2D eigenvalue weighted by molar-refractivity contribution is 6.38. The minimum absolute atomic E-state index is 0.0105. The number of nitrogens with zero attached hydrogens (tertiary/aromatic N) is 1. The van der Waals surface area contributed by atoms with E-state index >= 15 is 0 Å². The van der Waals surface area contributed by atoms with Gasteiger partial charge in [-0.1, -0.05) is 0 Å². The number of fused-ring (bicyclic) bond motifs is 1. The summed E-state index contributed by atoms with van der Waals surface area (Å²) in [4.78, 5) is 24.1. The first-order valence-electron chi connectivity index (χ1n) is 7.00. The summed E-state index contributed by atoms with van der Waals surface area (Å²) in [5.74, 6) is -5.16. The van der Waals surface area contributed by atoms with E-state index in [-0.39, 0.29) is 11.9 Å². The Morgan fingerprint density at radius 1 is 1.36 bits per heavy atom. The van der Waals surface area contributed by atoms with Gasteiger partial charge < -0.3 is 14.0 Å². The molecule has 1 aromatic carbocycles. The lowest BCUT2D eigenvalue weighted by atomic mass is 10.1. The summed E-state index contributed by atoms with van der Waals surface area (Å²) in [6, 6.07) is -0.374. The first-order chi connectivity index (χ1) is 11.8. The molecule has 2 atom stereocenters. The zero-order chi connectivity index (χ0) is 18.5. The number of ether oxygens (including phenoxy) is 1. The van der Waals surface area contributed by atoms with E-state index < -0.39 is 59.4 Å². The number of pyridine rings is 1. The molecule has 0 bridgehead atoms. The Bertz CT molecular complexity index is 932. The van der Waals surface area contributed by atoms with Gasteiger partial charge in [-0.25, -0.2) is 22.2 Å². The molecule has 1 saturated carbocycles. The van der Waals surface area contributed by atoms with Crippen LogP contribution in [0.3, 0.4) is 0 Å². The topological polar surface area (TPSA) is 57.5 Å². The average molecular weight is 361 g/mol. The summed E-state index contributed by atoms with van der Waals surface area (Å²) in [6.45, 7) is 0. The summed E-state index contributed by atoms with van der Waals surface area (Å²) in [7, 11) is -2.46. The molecule has 0 amide bonds. The lowest BCUT2D eigenvalue weighted by molar-refractivity contribution is 0.0693. The van der Waals surface area contributed by atoms with E-state index in [0.29, 0.717) is 6.07 Å². The number of halogens is 5. The third-order valence-electron chi connectivity index (χ3n) is 3.82. The van der Waals surface area contributed by atoms with Crippen LogP contribution in [0.2, 0.25) is 0 Å². The van der Waals surface area contributed by atoms with E-state index in [1.54, 1.807) is 0 Å². The molecule has 2 aromatic rings. The molecule has 2 unspecified atom stereocenters. The van der Waals surface area contributed by atoms with E-state index in [2.05, 4.69) is 4.65 Å². The van der Waals surface area contributed by atoms with Crippen LogP contribution in [-0.2, 0) is 4.65 Å². The Kier molecular flexibility index (Phi) is 4.17. The summed E-state index contributed by atoms with van der Waals surface area (Å²) >= 11 is 0. The van der Waals surface area contributed by atoms with Crippen LogP contribution in [0, 0.1) is 11.6 Å². The summed E-state index contributed by atoms with van der Waals surface area (Å²) < 4.78 is 75.1. The molecule has 0 N–H and O–H groups in total. The molecule has 25 heavy (non-hydrogen) atoms. The minimum atomic E-state index is -3.48.